The van der Waals surface area contributed by atoms with Crippen LogP contribution < -0.4 is 5.32 Å². The second-order valence-corrected chi connectivity index (χ2v) is 6.45. The van der Waals surface area contributed by atoms with Gasteiger partial charge in [-0.3, -0.25) is 14.6 Å². The van der Waals surface area contributed by atoms with Gasteiger partial charge in [0, 0.05) is 24.8 Å². The van der Waals surface area contributed by atoms with Crippen molar-refractivity contribution in [3.05, 3.63) is 59.4 Å². The minimum atomic E-state index is -0.319. The number of carbonyl (C=O) groups excluding carboxylic acids is 2. The fraction of sp³-hybridized carbons (Fsp3) is 0.350. The highest BCUT2D eigenvalue weighted by atomic mass is 16.2. The Bertz CT molecular complexity index is 774. The zero-order valence-electron chi connectivity index (χ0n) is 14.7. The van der Waals surface area contributed by atoms with Gasteiger partial charge >= 0.3 is 0 Å². The van der Waals surface area contributed by atoms with Crippen molar-refractivity contribution >= 4 is 17.5 Å². The Hall–Kier alpha value is -2.69. The zero-order chi connectivity index (χ0) is 17.8. The van der Waals surface area contributed by atoms with Gasteiger partial charge in [-0.1, -0.05) is 31.2 Å². The van der Waals surface area contributed by atoms with E-state index in [9.17, 15) is 9.59 Å². The molecule has 1 aliphatic heterocycles. The molecule has 2 aromatic rings. The number of para-hydroxylation sites is 1. The Morgan fingerprint density at radius 2 is 2.12 bits per heavy atom. The highest BCUT2D eigenvalue weighted by Gasteiger charge is 2.34. The van der Waals surface area contributed by atoms with Crippen LogP contribution in [-0.2, 0) is 22.6 Å². The number of pyridine rings is 1. The summed E-state index contributed by atoms with van der Waals surface area (Å²) >= 11 is 0. The summed E-state index contributed by atoms with van der Waals surface area (Å²) < 4.78 is 0. The number of nitrogens with one attached hydrogen (secondary N) is 1. The summed E-state index contributed by atoms with van der Waals surface area (Å²) in [6.45, 7) is 4.95. The van der Waals surface area contributed by atoms with E-state index in [4.69, 9.17) is 0 Å². The van der Waals surface area contributed by atoms with Crippen LogP contribution >= 0.6 is 0 Å². The van der Waals surface area contributed by atoms with Crippen molar-refractivity contribution in [2.75, 3.05) is 11.9 Å². The van der Waals surface area contributed by atoms with E-state index < -0.39 is 0 Å². The number of hydrogen-bond donors (Lipinski definition) is 1. The number of amides is 2. The lowest BCUT2D eigenvalue weighted by atomic mass is 10.0. The van der Waals surface area contributed by atoms with Crippen molar-refractivity contribution in [1.29, 1.82) is 0 Å². The molecule has 130 valence electrons. The molecule has 0 bridgehead atoms. The molecule has 1 fully saturated rings. The SMILES string of the molecule is CCc1cccc(C)c1NC(=O)C1CC(=O)N(Cc2ccccn2)C1. The van der Waals surface area contributed by atoms with E-state index in [0.717, 1.165) is 28.9 Å². The van der Waals surface area contributed by atoms with Gasteiger partial charge in [-0.15, -0.1) is 0 Å². The first-order valence-electron chi connectivity index (χ1n) is 8.65. The topological polar surface area (TPSA) is 62.3 Å². The van der Waals surface area contributed by atoms with Crippen molar-refractivity contribution in [2.24, 2.45) is 5.92 Å². The highest BCUT2D eigenvalue weighted by molar-refractivity contribution is 5.98. The number of anilines is 1. The summed E-state index contributed by atoms with van der Waals surface area (Å²) in [6, 6.07) is 11.6. The van der Waals surface area contributed by atoms with Crippen molar-refractivity contribution in [1.82, 2.24) is 9.88 Å². The molecule has 0 aliphatic carbocycles. The molecule has 1 aliphatic rings. The van der Waals surface area contributed by atoms with E-state index in [1.807, 2.05) is 43.3 Å². The fourth-order valence-corrected chi connectivity index (χ4v) is 3.22. The molecule has 5 nitrogen and oxygen atoms in total. The quantitative estimate of drug-likeness (QED) is 0.912. The number of rotatable bonds is 5. The van der Waals surface area contributed by atoms with Crippen LogP contribution in [0.25, 0.3) is 0 Å². The minimum Gasteiger partial charge on any atom is -0.336 e. The van der Waals surface area contributed by atoms with Crippen LogP contribution in [0.2, 0.25) is 0 Å². The van der Waals surface area contributed by atoms with Crippen LogP contribution in [-0.4, -0.2) is 28.2 Å². The molecule has 1 aromatic heterocycles. The van der Waals surface area contributed by atoms with Crippen LogP contribution in [0.1, 0.15) is 30.2 Å². The average molecular weight is 337 g/mol. The zero-order valence-corrected chi connectivity index (χ0v) is 14.7. The molecule has 2 amide bonds. The Labute approximate surface area is 148 Å². The normalized spacial score (nSPS) is 17.0. The van der Waals surface area contributed by atoms with Crippen molar-refractivity contribution < 1.29 is 9.59 Å². The Kier molecular flexibility index (Phi) is 5.12. The summed E-state index contributed by atoms with van der Waals surface area (Å²) in [5.41, 5.74) is 3.88. The third-order valence-electron chi connectivity index (χ3n) is 4.65. The van der Waals surface area contributed by atoms with Gasteiger partial charge in [0.15, 0.2) is 0 Å². The molecule has 0 saturated carbocycles. The van der Waals surface area contributed by atoms with E-state index in [2.05, 4.69) is 17.2 Å². The lowest BCUT2D eigenvalue weighted by Crippen LogP contribution is -2.28. The van der Waals surface area contributed by atoms with Gasteiger partial charge in [-0.05, 0) is 36.6 Å². The monoisotopic (exact) mass is 337 g/mol. The Morgan fingerprint density at radius 1 is 1.28 bits per heavy atom. The van der Waals surface area contributed by atoms with Crippen LogP contribution in [0.15, 0.2) is 42.6 Å². The Morgan fingerprint density at radius 3 is 2.84 bits per heavy atom. The first-order valence-corrected chi connectivity index (χ1v) is 8.65. The van der Waals surface area contributed by atoms with Gasteiger partial charge in [-0.25, -0.2) is 0 Å². The van der Waals surface area contributed by atoms with Crippen LogP contribution in [0.4, 0.5) is 5.69 Å². The summed E-state index contributed by atoms with van der Waals surface area (Å²) in [7, 11) is 0. The van der Waals surface area contributed by atoms with Crippen molar-refractivity contribution in [3.8, 4) is 0 Å². The number of hydrogen-bond acceptors (Lipinski definition) is 3. The molecule has 0 radical (unpaired) electrons. The maximum Gasteiger partial charge on any atom is 0.229 e. The fourth-order valence-electron chi connectivity index (χ4n) is 3.22. The van der Waals surface area contributed by atoms with E-state index in [1.54, 1.807) is 11.1 Å². The van der Waals surface area contributed by atoms with Gasteiger partial charge < -0.3 is 10.2 Å². The maximum absolute atomic E-state index is 12.7. The molecular formula is C20H23N3O2. The minimum absolute atomic E-state index is 0.00583. The number of aryl methyl sites for hydroxylation is 2. The van der Waals surface area contributed by atoms with E-state index in [-0.39, 0.29) is 24.2 Å². The predicted molar refractivity (Wildman–Crippen MR) is 96.9 cm³/mol. The average Bonchev–Trinajstić information content (AvgIpc) is 2.98. The van der Waals surface area contributed by atoms with Gasteiger partial charge in [-0.2, -0.15) is 0 Å². The number of benzene rings is 1. The van der Waals surface area contributed by atoms with Crippen LogP contribution in [0.3, 0.4) is 0 Å². The standard InChI is InChI=1S/C20H23N3O2/c1-3-15-8-6-7-14(2)19(15)22-20(25)16-11-18(24)23(12-16)13-17-9-4-5-10-21-17/h4-10,16H,3,11-13H2,1-2H3,(H,22,25). The first-order chi connectivity index (χ1) is 12.1. The van der Waals surface area contributed by atoms with E-state index in [1.165, 1.54) is 0 Å². The first kappa shape index (κ1) is 17.1. The summed E-state index contributed by atoms with van der Waals surface area (Å²) in [5, 5.41) is 3.04. The van der Waals surface area contributed by atoms with E-state index >= 15 is 0 Å². The van der Waals surface area contributed by atoms with Gasteiger partial charge in [0.05, 0.1) is 18.2 Å². The molecule has 5 heteroatoms. The molecule has 1 aromatic carbocycles. The summed E-state index contributed by atoms with van der Waals surface area (Å²) in [4.78, 5) is 30.9. The second-order valence-electron chi connectivity index (χ2n) is 6.45. The molecule has 2 heterocycles. The molecule has 1 N–H and O–H groups in total. The second kappa shape index (κ2) is 7.47. The summed E-state index contributed by atoms with van der Waals surface area (Å²) in [6.07, 6.45) is 2.82. The highest BCUT2D eigenvalue weighted by Crippen LogP contribution is 2.25. The number of likely N-dealkylation sites (tertiary alicyclic amines) is 1. The van der Waals surface area contributed by atoms with Crippen LogP contribution in [0, 0.1) is 12.8 Å². The lowest BCUT2D eigenvalue weighted by molar-refractivity contribution is -0.128. The van der Waals surface area contributed by atoms with Crippen LogP contribution in [0.5, 0.6) is 0 Å². The molecule has 25 heavy (non-hydrogen) atoms. The lowest BCUT2D eigenvalue weighted by Gasteiger charge is -2.17. The number of nitrogens with zero attached hydrogens (tertiary/aromatic N) is 2. The number of aromatic nitrogens is 1. The molecule has 0 spiro atoms. The molecular weight excluding hydrogens is 314 g/mol. The number of carbonyl (C=O) groups is 2. The largest absolute Gasteiger partial charge is 0.336 e. The summed E-state index contributed by atoms with van der Waals surface area (Å²) in [5.74, 6) is -0.396. The maximum atomic E-state index is 12.7. The molecule has 1 atom stereocenters. The smallest absolute Gasteiger partial charge is 0.229 e. The Balaban J connectivity index is 1.67. The third kappa shape index (κ3) is 3.87. The predicted octanol–water partition coefficient (Wildman–Crippen LogP) is 2.94. The van der Waals surface area contributed by atoms with Crippen molar-refractivity contribution in [3.63, 3.8) is 0 Å². The van der Waals surface area contributed by atoms with Gasteiger partial charge in [0.2, 0.25) is 11.8 Å². The van der Waals surface area contributed by atoms with E-state index in [0.29, 0.717) is 13.1 Å². The molecule has 1 saturated heterocycles. The third-order valence-corrected chi connectivity index (χ3v) is 4.65. The van der Waals surface area contributed by atoms with Gasteiger partial charge in [0.1, 0.15) is 0 Å². The molecule has 1 unspecified atom stereocenters. The molecule has 3 rings (SSSR count). The van der Waals surface area contributed by atoms with Crippen molar-refractivity contribution in [2.45, 2.75) is 33.2 Å². The van der Waals surface area contributed by atoms with Gasteiger partial charge in [0.25, 0.3) is 0 Å².